The number of nitrogens with zero attached hydrogens (tertiary/aromatic N) is 3. The van der Waals surface area contributed by atoms with Gasteiger partial charge in [-0.15, -0.1) is 0 Å². The molecular weight excluding hydrogens is 464 g/mol. The van der Waals surface area contributed by atoms with Gasteiger partial charge in [-0.05, 0) is 65.7 Å². The molecule has 0 radical (unpaired) electrons. The van der Waals surface area contributed by atoms with Crippen LogP contribution in [0.5, 0.6) is 0 Å². The Morgan fingerprint density at radius 2 is 1.69 bits per heavy atom. The Morgan fingerprint density at radius 3 is 2.53 bits per heavy atom. The summed E-state index contributed by atoms with van der Waals surface area (Å²) in [5, 5.41) is 0. The molecule has 0 spiro atoms. The molecule has 8 heteroatoms. The second-order valence-electron chi connectivity index (χ2n) is 8.30. The lowest BCUT2D eigenvalue weighted by Crippen LogP contribution is -2.27. The molecule has 0 atom stereocenters. The summed E-state index contributed by atoms with van der Waals surface area (Å²) in [6.07, 6.45) is 4.70. The molecule has 0 saturated heterocycles. The Balaban J connectivity index is 1.37. The van der Waals surface area contributed by atoms with Crippen molar-refractivity contribution in [3.8, 4) is 0 Å². The van der Waals surface area contributed by atoms with Gasteiger partial charge in [-0.25, -0.2) is 8.78 Å². The summed E-state index contributed by atoms with van der Waals surface area (Å²) in [5.41, 5.74) is 2.17. The summed E-state index contributed by atoms with van der Waals surface area (Å²) in [5.74, 6) is -2.66. The number of hydrogen-bond donors (Lipinski definition) is 0. The third-order valence-corrected chi connectivity index (χ3v) is 5.87. The molecule has 0 saturated carbocycles. The van der Waals surface area contributed by atoms with Gasteiger partial charge >= 0.3 is 0 Å². The molecule has 178 valence electrons. The zero-order valence-corrected chi connectivity index (χ0v) is 18.9. The minimum Gasteiger partial charge on any atom is -0.310 e. The van der Waals surface area contributed by atoms with E-state index < -0.39 is 23.0 Å². The smallest absolute Gasteiger partial charge is 0.262 e. The van der Waals surface area contributed by atoms with Crippen molar-refractivity contribution < 1.29 is 18.4 Å². The molecule has 5 rings (SSSR count). The predicted octanol–water partition coefficient (Wildman–Crippen LogP) is 4.64. The van der Waals surface area contributed by atoms with Crippen molar-refractivity contribution in [2.45, 2.75) is 13.0 Å². The van der Waals surface area contributed by atoms with Gasteiger partial charge < -0.3 is 4.57 Å². The Bertz CT molecular complexity index is 1690. The van der Waals surface area contributed by atoms with E-state index in [-0.39, 0.29) is 24.4 Å². The van der Waals surface area contributed by atoms with Crippen LogP contribution in [0, 0.1) is 11.6 Å². The quantitative estimate of drug-likeness (QED) is 0.330. The van der Waals surface area contributed by atoms with Crippen molar-refractivity contribution in [3.63, 3.8) is 0 Å². The summed E-state index contributed by atoms with van der Waals surface area (Å²) < 4.78 is 29.5. The highest BCUT2D eigenvalue weighted by molar-refractivity contribution is 6.02. The molecule has 36 heavy (non-hydrogen) atoms. The predicted molar refractivity (Wildman–Crippen MR) is 130 cm³/mol. The molecule has 0 amide bonds. The highest BCUT2D eigenvalue weighted by atomic mass is 19.2. The molecule has 5 aromatic rings. The Labute approximate surface area is 204 Å². The number of halogens is 2. The number of benzene rings is 2. The first-order chi connectivity index (χ1) is 17.4. The SMILES string of the molecule is O=C(Cc1cccc(C(=O)n2ccc3ncccc32)c1)c1cccn(Cc2ccc(F)c(F)c2)c1=O. The number of aromatic nitrogens is 3. The standard InChI is InChI=1S/C28H19F2N3O3/c29-22-9-8-19(15-23(22)30)17-32-12-3-6-21(28(32)36)26(34)16-18-4-1-5-20(14-18)27(35)33-13-10-24-25(33)7-2-11-31-24/h1-15H,16-17H2. The average Bonchev–Trinajstić information content (AvgIpc) is 3.31. The Hall–Kier alpha value is -4.72. The van der Waals surface area contributed by atoms with Gasteiger partial charge in [-0.3, -0.25) is 23.9 Å². The minimum atomic E-state index is -1.01. The highest BCUT2D eigenvalue weighted by Gasteiger charge is 2.16. The van der Waals surface area contributed by atoms with Gasteiger partial charge in [0, 0.05) is 30.6 Å². The summed E-state index contributed by atoms with van der Waals surface area (Å²) >= 11 is 0. The number of ketones is 1. The van der Waals surface area contributed by atoms with Gasteiger partial charge in [-0.1, -0.05) is 18.2 Å². The van der Waals surface area contributed by atoms with Crippen LogP contribution in [0.15, 0.2) is 96.2 Å². The van der Waals surface area contributed by atoms with Gasteiger partial charge in [0.05, 0.1) is 23.1 Å². The minimum absolute atomic E-state index is 0.0131. The first-order valence-electron chi connectivity index (χ1n) is 11.1. The van der Waals surface area contributed by atoms with Crippen LogP contribution in [-0.2, 0) is 13.0 Å². The number of fused-ring (bicyclic) bond motifs is 1. The molecule has 0 aliphatic carbocycles. The van der Waals surface area contributed by atoms with Crippen LogP contribution in [0.1, 0.15) is 31.8 Å². The van der Waals surface area contributed by atoms with E-state index in [0.717, 1.165) is 12.1 Å². The van der Waals surface area contributed by atoms with Gasteiger partial charge in [0.15, 0.2) is 17.4 Å². The lowest BCUT2D eigenvalue weighted by Gasteiger charge is -2.09. The third-order valence-electron chi connectivity index (χ3n) is 5.87. The molecule has 0 fully saturated rings. The van der Waals surface area contributed by atoms with Crippen LogP contribution in [0.25, 0.3) is 11.0 Å². The molecule has 3 heterocycles. The van der Waals surface area contributed by atoms with Crippen molar-refractivity contribution >= 4 is 22.7 Å². The molecule has 0 aliphatic heterocycles. The van der Waals surface area contributed by atoms with Gasteiger partial charge in [0.2, 0.25) is 0 Å². The van der Waals surface area contributed by atoms with Crippen LogP contribution in [0.4, 0.5) is 8.78 Å². The fourth-order valence-corrected chi connectivity index (χ4v) is 4.09. The number of pyridine rings is 2. The number of carbonyl (C=O) groups excluding carboxylic acids is 2. The first-order valence-corrected chi connectivity index (χ1v) is 11.1. The van der Waals surface area contributed by atoms with E-state index in [1.54, 1.807) is 60.9 Å². The number of carbonyl (C=O) groups is 2. The normalized spacial score (nSPS) is 11.1. The maximum Gasteiger partial charge on any atom is 0.262 e. The second-order valence-corrected chi connectivity index (χ2v) is 8.30. The second kappa shape index (κ2) is 9.50. The van der Waals surface area contributed by atoms with E-state index in [2.05, 4.69) is 4.98 Å². The van der Waals surface area contributed by atoms with E-state index in [9.17, 15) is 23.2 Å². The first kappa shape index (κ1) is 23.0. The van der Waals surface area contributed by atoms with E-state index in [1.165, 1.54) is 27.5 Å². The summed E-state index contributed by atoms with van der Waals surface area (Å²) in [6, 6.07) is 18.4. The van der Waals surface area contributed by atoms with Crippen molar-refractivity contribution in [2.75, 3.05) is 0 Å². The fraction of sp³-hybridized carbons (Fsp3) is 0.0714. The topological polar surface area (TPSA) is 74.0 Å². The largest absolute Gasteiger partial charge is 0.310 e. The van der Waals surface area contributed by atoms with Crippen molar-refractivity contribution in [2.24, 2.45) is 0 Å². The van der Waals surface area contributed by atoms with Crippen molar-refractivity contribution in [3.05, 3.63) is 136 Å². The molecule has 6 nitrogen and oxygen atoms in total. The third kappa shape index (κ3) is 4.48. The van der Waals surface area contributed by atoms with Crippen LogP contribution in [0.2, 0.25) is 0 Å². The Morgan fingerprint density at radius 1 is 0.833 bits per heavy atom. The van der Waals surface area contributed by atoms with Crippen molar-refractivity contribution in [1.29, 1.82) is 0 Å². The van der Waals surface area contributed by atoms with E-state index >= 15 is 0 Å². The van der Waals surface area contributed by atoms with Gasteiger partial charge in [0.25, 0.3) is 11.5 Å². The monoisotopic (exact) mass is 483 g/mol. The van der Waals surface area contributed by atoms with Crippen molar-refractivity contribution in [1.82, 2.24) is 14.1 Å². The van der Waals surface area contributed by atoms with Gasteiger partial charge in [0.1, 0.15) is 0 Å². The lowest BCUT2D eigenvalue weighted by molar-refractivity contribution is 0.0960. The fourth-order valence-electron chi connectivity index (χ4n) is 4.09. The highest BCUT2D eigenvalue weighted by Crippen LogP contribution is 2.17. The maximum absolute atomic E-state index is 13.5. The molecule has 2 aromatic carbocycles. The zero-order chi connectivity index (χ0) is 25.2. The van der Waals surface area contributed by atoms with E-state index in [1.807, 2.05) is 0 Å². The molecule has 0 N–H and O–H groups in total. The molecule has 0 unspecified atom stereocenters. The number of rotatable bonds is 6. The summed E-state index contributed by atoms with van der Waals surface area (Å²) in [4.78, 5) is 43.3. The van der Waals surface area contributed by atoms with E-state index in [4.69, 9.17) is 0 Å². The maximum atomic E-state index is 13.5. The van der Waals surface area contributed by atoms with Crippen LogP contribution < -0.4 is 5.56 Å². The lowest BCUT2D eigenvalue weighted by atomic mass is 10.0. The van der Waals surface area contributed by atoms with E-state index in [0.29, 0.717) is 27.7 Å². The van der Waals surface area contributed by atoms with Crippen LogP contribution >= 0.6 is 0 Å². The van der Waals surface area contributed by atoms with Crippen LogP contribution in [0.3, 0.4) is 0 Å². The zero-order valence-electron chi connectivity index (χ0n) is 18.9. The molecule has 0 aliphatic rings. The number of hydrogen-bond acceptors (Lipinski definition) is 4. The average molecular weight is 483 g/mol. The molecule has 0 bridgehead atoms. The molecular formula is C28H19F2N3O3. The Kier molecular flexibility index (Phi) is 6.08. The molecule has 3 aromatic heterocycles. The van der Waals surface area contributed by atoms with Gasteiger partial charge in [-0.2, -0.15) is 0 Å². The summed E-state index contributed by atoms with van der Waals surface area (Å²) in [6.45, 7) is -0.0131. The number of Topliss-reactive ketones (excluding diaryl/α,β-unsaturated/α-hetero) is 1. The summed E-state index contributed by atoms with van der Waals surface area (Å²) in [7, 11) is 0. The van der Waals surface area contributed by atoms with Crippen LogP contribution in [-0.4, -0.2) is 25.8 Å².